The van der Waals surface area contributed by atoms with E-state index in [0.717, 1.165) is 60.6 Å². The number of H-pyrrole nitrogens is 1. The van der Waals surface area contributed by atoms with Crippen molar-refractivity contribution >= 4 is 32.8 Å². The summed E-state index contributed by atoms with van der Waals surface area (Å²) in [6.45, 7) is 3.82. The molecule has 1 aliphatic carbocycles. The number of nitriles is 1. The van der Waals surface area contributed by atoms with E-state index in [1.54, 1.807) is 17.5 Å². The van der Waals surface area contributed by atoms with E-state index < -0.39 is 0 Å². The minimum Gasteiger partial charge on any atom is -0.354 e. The maximum absolute atomic E-state index is 12.3. The summed E-state index contributed by atoms with van der Waals surface area (Å²) >= 11 is 1.62. The molecule has 5 rings (SSSR count). The van der Waals surface area contributed by atoms with Crippen LogP contribution in [0.3, 0.4) is 0 Å². The summed E-state index contributed by atoms with van der Waals surface area (Å²) < 4.78 is 1.05. The van der Waals surface area contributed by atoms with Crippen molar-refractivity contribution in [1.82, 2.24) is 14.9 Å². The van der Waals surface area contributed by atoms with Gasteiger partial charge in [-0.05, 0) is 48.1 Å². The summed E-state index contributed by atoms with van der Waals surface area (Å²) in [4.78, 5) is 24.6. The van der Waals surface area contributed by atoms with E-state index in [-0.39, 0.29) is 5.56 Å². The van der Waals surface area contributed by atoms with Gasteiger partial charge in [0, 0.05) is 48.8 Å². The third-order valence-electron chi connectivity index (χ3n) is 5.90. The molecule has 1 N–H and O–H groups in total. The van der Waals surface area contributed by atoms with Crippen LogP contribution in [0, 0.1) is 11.3 Å². The monoisotopic (exact) mass is 403 g/mol. The third kappa shape index (κ3) is 3.46. The first-order valence-electron chi connectivity index (χ1n) is 9.88. The molecule has 29 heavy (non-hydrogen) atoms. The molecular formula is C22H21N5OS. The van der Waals surface area contributed by atoms with Gasteiger partial charge in [0.2, 0.25) is 0 Å². The van der Waals surface area contributed by atoms with Gasteiger partial charge in [-0.2, -0.15) is 5.26 Å². The molecule has 3 aromatic rings. The maximum atomic E-state index is 12.3. The van der Waals surface area contributed by atoms with Crippen molar-refractivity contribution in [3.63, 3.8) is 0 Å². The molecule has 0 bridgehead atoms. The molecule has 2 aliphatic rings. The first kappa shape index (κ1) is 18.1. The van der Waals surface area contributed by atoms with E-state index in [4.69, 9.17) is 5.26 Å². The largest absolute Gasteiger partial charge is 0.354 e. The molecule has 1 fully saturated rings. The zero-order chi connectivity index (χ0) is 19.8. The average molecular weight is 404 g/mol. The van der Waals surface area contributed by atoms with E-state index in [1.807, 2.05) is 23.6 Å². The molecule has 1 atom stereocenters. The zero-order valence-corrected chi connectivity index (χ0v) is 16.8. The Morgan fingerprint density at radius 2 is 2.07 bits per heavy atom. The van der Waals surface area contributed by atoms with Crippen LogP contribution in [0.15, 0.2) is 46.7 Å². The van der Waals surface area contributed by atoms with Crippen LogP contribution >= 0.6 is 11.3 Å². The molecule has 1 unspecified atom stereocenters. The standard InChI is InChI=1S/C22H21N5OS/c23-13-15-1-4-21(24-14-15)27-8-6-26(7-9-27)17-3-2-16(11-17)19-12-20-18(5-10-29-20)22(28)25-19/h1,4-5,10-12,14,17H,2-3,6-9H2,(H,25,28). The first-order chi connectivity index (χ1) is 14.2. The number of pyridine rings is 2. The molecule has 0 spiro atoms. The van der Waals surface area contributed by atoms with Gasteiger partial charge in [-0.25, -0.2) is 4.98 Å². The second-order valence-corrected chi connectivity index (χ2v) is 8.50. The van der Waals surface area contributed by atoms with Crippen LogP contribution < -0.4 is 10.5 Å². The highest BCUT2D eigenvalue weighted by molar-refractivity contribution is 7.17. The van der Waals surface area contributed by atoms with Gasteiger partial charge in [0.15, 0.2) is 0 Å². The molecular weight excluding hydrogens is 382 g/mol. The number of anilines is 1. The smallest absolute Gasteiger partial charge is 0.257 e. The van der Waals surface area contributed by atoms with Gasteiger partial charge >= 0.3 is 0 Å². The molecule has 1 aliphatic heterocycles. The van der Waals surface area contributed by atoms with Gasteiger partial charge in [-0.1, -0.05) is 6.08 Å². The summed E-state index contributed by atoms with van der Waals surface area (Å²) in [6, 6.07) is 10.3. The van der Waals surface area contributed by atoms with Crippen molar-refractivity contribution in [3.05, 3.63) is 63.5 Å². The van der Waals surface area contributed by atoms with E-state index in [1.165, 1.54) is 5.57 Å². The Hall–Kier alpha value is -2.95. The van der Waals surface area contributed by atoms with Gasteiger partial charge in [0.05, 0.1) is 10.9 Å². The second kappa shape index (κ2) is 7.47. The zero-order valence-electron chi connectivity index (χ0n) is 16.0. The van der Waals surface area contributed by atoms with Crippen LogP contribution in [-0.4, -0.2) is 47.1 Å². The van der Waals surface area contributed by atoms with Gasteiger partial charge in [0.25, 0.3) is 5.56 Å². The number of fused-ring (bicyclic) bond motifs is 1. The Morgan fingerprint density at radius 3 is 2.83 bits per heavy atom. The number of nitrogens with one attached hydrogen (secondary N) is 1. The number of piperazine rings is 1. The highest BCUT2D eigenvalue weighted by Gasteiger charge is 2.27. The number of aromatic amines is 1. The molecule has 146 valence electrons. The molecule has 0 aromatic carbocycles. The highest BCUT2D eigenvalue weighted by atomic mass is 32.1. The lowest BCUT2D eigenvalue weighted by Gasteiger charge is -2.38. The summed E-state index contributed by atoms with van der Waals surface area (Å²) in [5.74, 6) is 0.938. The quantitative estimate of drug-likeness (QED) is 0.727. The fourth-order valence-electron chi connectivity index (χ4n) is 4.29. The minimum absolute atomic E-state index is 0.00614. The fourth-order valence-corrected chi connectivity index (χ4v) is 5.11. The third-order valence-corrected chi connectivity index (χ3v) is 6.76. The van der Waals surface area contributed by atoms with Crippen LogP contribution in [0.25, 0.3) is 15.7 Å². The number of nitrogens with zero attached hydrogens (tertiary/aromatic N) is 4. The number of hydrogen-bond donors (Lipinski definition) is 1. The summed E-state index contributed by atoms with van der Waals surface area (Å²) in [7, 11) is 0. The van der Waals surface area contributed by atoms with Crippen molar-refractivity contribution in [2.24, 2.45) is 0 Å². The summed E-state index contributed by atoms with van der Waals surface area (Å²) in [5, 5.41) is 11.7. The molecule has 1 saturated heterocycles. The predicted octanol–water partition coefficient (Wildman–Crippen LogP) is 3.22. The van der Waals surface area contributed by atoms with E-state index in [9.17, 15) is 4.79 Å². The Morgan fingerprint density at radius 1 is 1.21 bits per heavy atom. The Bertz CT molecular complexity index is 1160. The minimum atomic E-state index is 0.00614. The second-order valence-electron chi connectivity index (χ2n) is 7.55. The van der Waals surface area contributed by atoms with Crippen molar-refractivity contribution in [1.29, 1.82) is 5.26 Å². The van der Waals surface area contributed by atoms with Crippen LogP contribution in [-0.2, 0) is 0 Å². The van der Waals surface area contributed by atoms with Gasteiger partial charge in [-0.3, -0.25) is 9.69 Å². The Balaban J connectivity index is 1.27. The van der Waals surface area contributed by atoms with Crippen LogP contribution in [0.4, 0.5) is 5.82 Å². The van der Waals surface area contributed by atoms with E-state index in [2.05, 4.69) is 38.0 Å². The van der Waals surface area contributed by atoms with Crippen molar-refractivity contribution in [3.8, 4) is 6.07 Å². The predicted molar refractivity (Wildman–Crippen MR) is 116 cm³/mol. The maximum Gasteiger partial charge on any atom is 0.257 e. The van der Waals surface area contributed by atoms with Crippen molar-refractivity contribution in [2.45, 2.75) is 18.9 Å². The van der Waals surface area contributed by atoms with Crippen molar-refractivity contribution in [2.75, 3.05) is 31.1 Å². The normalized spacial score (nSPS) is 20.0. The Kier molecular flexibility index (Phi) is 4.66. The molecule has 0 saturated carbocycles. The molecule has 6 nitrogen and oxygen atoms in total. The van der Waals surface area contributed by atoms with Gasteiger partial charge < -0.3 is 9.88 Å². The molecule has 0 amide bonds. The summed E-state index contributed by atoms with van der Waals surface area (Å²) in [5.41, 5.74) is 2.81. The highest BCUT2D eigenvalue weighted by Crippen LogP contribution is 2.31. The average Bonchev–Trinajstić information content (AvgIpc) is 3.44. The number of allylic oxidation sites excluding steroid dienone is 1. The van der Waals surface area contributed by atoms with Crippen LogP contribution in [0.5, 0.6) is 0 Å². The van der Waals surface area contributed by atoms with Crippen LogP contribution in [0.1, 0.15) is 24.1 Å². The lowest BCUT2D eigenvalue weighted by atomic mass is 10.1. The first-order valence-corrected chi connectivity index (χ1v) is 10.8. The van der Waals surface area contributed by atoms with Crippen LogP contribution in [0.2, 0.25) is 0 Å². The lowest BCUT2D eigenvalue weighted by Crippen LogP contribution is -2.49. The number of rotatable bonds is 3. The lowest BCUT2D eigenvalue weighted by molar-refractivity contribution is 0.214. The molecule has 3 aromatic heterocycles. The number of aromatic nitrogens is 2. The van der Waals surface area contributed by atoms with Gasteiger partial charge in [-0.15, -0.1) is 11.3 Å². The topological polar surface area (TPSA) is 76.0 Å². The Labute approximate surface area is 172 Å². The number of thiophene rings is 1. The van der Waals surface area contributed by atoms with E-state index >= 15 is 0 Å². The SMILES string of the molecule is N#Cc1ccc(N2CCN(C3C=C(c4cc5sccc5c(=O)[nH]4)CC3)CC2)nc1. The summed E-state index contributed by atoms with van der Waals surface area (Å²) in [6.07, 6.45) is 6.06. The fraction of sp³-hybridized carbons (Fsp3) is 0.318. The molecule has 7 heteroatoms. The van der Waals surface area contributed by atoms with E-state index in [0.29, 0.717) is 11.6 Å². The molecule has 4 heterocycles. The van der Waals surface area contributed by atoms with Gasteiger partial charge in [0.1, 0.15) is 11.9 Å². The number of hydrogen-bond acceptors (Lipinski definition) is 6. The molecule has 0 radical (unpaired) electrons. The van der Waals surface area contributed by atoms with Crippen molar-refractivity contribution < 1.29 is 0 Å².